The minimum absolute atomic E-state index is 0. The second-order valence-electron chi connectivity index (χ2n) is 6.74. The summed E-state index contributed by atoms with van der Waals surface area (Å²) in [6.07, 6.45) is 6.59. The largest absolute Gasteiger partial charge is 0.356 e. The van der Waals surface area contributed by atoms with Crippen molar-refractivity contribution in [2.24, 2.45) is 10.9 Å². The van der Waals surface area contributed by atoms with E-state index in [1.807, 2.05) is 13.2 Å². The molecular formula is C19H34IN5. The maximum atomic E-state index is 4.54. The molecule has 1 aliphatic rings. The van der Waals surface area contributed by atoms with Crippen LogP contribution in [0.15, 0.2) is 23.3 Å². The predicted octanol–water partition coefficient (Wildman–Crippen LogP) is 3.58. The zero-order chi connectivity index (χ0) is 17.4. The van der Waals surface area contributed by atoms with Gasteiger partial charge in [0.2, 0.25) is 0 Å². The van der Waals surface area contributed by atoms with Gasteiger partial charge in [-0.3, -0.25) is 4.99 Å². The monoisotopic (exact) mass is 459 g/mol. The first-order valence-corrected chi connectivity index (χ1v) is 9.31. The molecule has 5 nitrogen and oxygen atoms in total. The molecule has 25 heavy (non-hydrogen) atoms. The number of halogens is 1. The van der Waals surface area contributed by atoms with E-state index < -0.39 is 0 Å². The molecule has 0 radical (unpaired) electrons. The zero-order valence-electron chi connectivity index (χ0n) is 16.1. The molecule has 1 aliphatic heterocycles. The van der Waals surface area contributed by atoms with Gasteiger partial charge in [0.15, 0.2) is 5.96 Å². The molecule has 1 saturated heterocycles. The van der Waals surface area contributed by atoms with E-state index in [4.69, 9.17) is 0 Å². The number of piperidine rings is 1. The summed E-state index contributed by atoms with van der Waals surface area (Å²) in [7, 11) is 1.85. The summed E-state index contributed by atoms with van der Waals surface area (Å²) in [6.45, 7) is 9.66. The lowest BCUT2D eigenvalue weighted by molar-refractivity contribution is 0.448. The van der Waals surface area contributed by atoms with Gasteiger partial charge in [0.05, 0.1) is 0 Å². The van der Waals surface area contributed by atoms with Crippen molar-refractivity contribution in [1.82, 2.24) is 15.6 Å². The van der Waals surface area contributed by atoms with E-state index in [-0.39, 0.29) is 24.0 Å². The van der Waals surface area contributed by atoms with Crippen LogP contribution in [-0.4, -0.2) is 43.7 Å². The lowest BCUT2D eigenvalue weighted by Gasteiger charge is -2.34. The van der Waals surface area contributed by atoms with Crippen LogP contribution in [0.4, 0.5) is 5.82 Å². The van der Waals surface area contributed by atoms with Gasteiger partial charge in [-0.15, -0.1) is 24.0 Å². The molecule has 0 saturated carbocycles. The number of anilines is 1. The third-order valence-electron chi connectivity index (χ3n) is 4.99. The van der Waals surface area contributed by atoms with E-state index in [0.717, 1.165) is 50.2 Å². The average Bonchev–Trinajstić information content (AvgIpc) is 2.63. The summed E-state index contributed by atoms with van der Waals surface area (Å²) in [5.74, 6) is 2.75. The molecule has 0 unspecified atom stereocenters. The molecule has 2 N–H and O–H groups in total. The van der Waals surface area contributed by atoms with Gasteiger partial charge in [-0.05, 0) is 37.3 Å². The van der Waals surface area contributed by atoms with E-state index in [0.29, 0.717) is 6.04 Å². The number of aromatic nitrogens is 1. The standard InChI is InChI=1S/C19H33N5.HI/c1-5-16(6-2)14-22-19(20-4)23-17-9-11-24(12-10-17)18-8-7-15(3)13-21-18;/h7-8,13,16-17H,5-6,9-12,14H2,1-4H3,(H2,20,22,23);1H. The molecular weight excluding hydrogens is 425 g/mol. The van der Waals surface area contributed by atoms with Crippen LogP contribution < -0.4 is 15.5 Å². The smallest absolute Gasteiger partial charge is 0.191 e. The Morgan fingerprint density at radius 3 is 2.48 bits per heavy atom. The minimum atomic E-state index is 0. The fourth-order valence-corrected chi connectivity index (χ4v) is 3.11. The SMILES string of the molecule is CCC(CC)CNC(=NC)NC1CCN(c2ccc(C)cn2)CC1.I. The minimum Gasteiger partial charge on any atom is -0.356 e. The van der Waals surface area contributed by atoms with Crippen molar-refractivity contribution in [3.8, 4) is 0 Å². The first-order valence-electron chi connectivity index (χ1n) is 9.31. The number of nitrogens with zero attached hydrogens (tertiary/aromatic N) is 3. The van der Waals surface area contributed by atoms with Crippen LogP contribution in [0.2, 0.25) is 0 Å². The first-order chi connectivity index (χ1) is 11.7. The maximum absolute atomic E-state index is 4.54. The fourth-order valence-electron chi connectivity index (χ4n) is 3.11. The van der Waals surface area contributed by atoms with Gasteiger partial charge in [0.25, 0.3) is 0 Å². The number of nitrogens with one attached hydrogen (secondary N) is 2. The summed E-state index contributed by atoms with van der Waals surface area (Å²) in [6, 6.07) is 4.75. The third kappa shape index (κ3) is 6.99. The molecule has 1 aromatic heterocycles. The van der Waals surface area contributed by atoms with E-state index in [1.165, 1.54) is 18.4 Å². The Balaban J connectivity index is 0.00000312. The van der Waals surface area contributed by atoms with Crippen LogP contribution in [-0.2, 0) is 0 Å². The van der Waals surface area contributed by atoms with Gasteiger partial charge in [-0.2, -0.15) is 0 Å². The number of pyridine rings is 1. The van der Waals surface area contributed by atoms with Gasteiger partial charge >= 0.3 is 0 Å². The van der Waals surface area contributed by atoms with Crippen molar-refractivity contribution in [3.63, 3.8) is 0 Å². The molecule has 6 heteroatoms. The average molecular weight is 459 g/mol. The molecule has 1 aromatic rings. The molecule has 0 aromatic carbocycles. The first kappa shape index (κ1) is 22.0. The second-order valence-corrected chi connectivity index (χ2v) is 6.74. The van der Waals surface area contributed by atoms with Crippen LogP contribution in [0.5, 0.6) is 0 Å². The van der Waals surface area contributed by atoms with Crippen LogP contribution in [0.3, 0.4) is 0 Å². The summed E-state index contributed by atoms with van der Waals surface area (Å²) in [5, 5.41) is 7.06. The Morgan fingerprint density at radius 2 is 1.96 bits per heavy atom. The summed E-state index contributed by atoms with van der Waals surface area (Å²) in [4.78, 5) is 11.3. The van der Waals surface area contributed by atoms with Crippen molar-refractivity contribution in [3.05, 3.63) is 23.9 Å². The molecule has 1 fully saturated rings. The molecule has 2 heterocycles. The zero-order valence-corrected chi connectivity index (χ0v) is 18.4. The highest BCUT2D eigenvalue weighted by atomic mass is 127. The second kappa shape index (κ2) is 11.5. The summed E-state index contributed by atoms with van der Waals surface area (Å²) >= 11 is 0. The number of aryl methyl sites for hydroxylation is 1. The molecule has 0 bridgehead atoms. The molecule has 2 rings (SSSR count). The number of rotatable bonds is 6. The van der Waals surface area contributed by atoms with E-state index >= 15 is 0 Å². The Kier molecular flexibility index (Phi) is 10.2. The van der Waals surface area contributed by atoms with Gasteiger partial charge in [0, 0.05) is 38.9 Å². The Labute approximate surface area is 170 Å². The van der Waals surface area contributed by atoms with Crippen LogP contribution in [0, 0.1) is 12.8 Å². The lowest BCUT2D eigenvalue weighted by Crippen LogP contribution is -2.49. The highest BCUT2D eigenvalue weighted by Gasteiger charge is 2.21. The van der Waals surface area contributed by atoms with Gasteiger partial charge in [-0.1, -0.05) is 32.8 Å². The Bertz CT molecular complexity index is 505. The fraction of sp³-hybridized carbons (Fsp3) is 0.684. The number of hydrogen-bond donors (Lipinski definition) is 2. The van der Waals surface area contributed by atoms with Crippen molar-refractivity contribution in [2.75, 3.05) is 31.6 Å². The summed E-state index contributed by atoms with van der Waals surface area (Å²) < 4.78 is 0. The number of guanidine groups is 1. The summed E-state index contributed by atoms with van der Waals surface area (Å²) in [5.41, 5.74) is 1.21. The van der Waals surface area contributed by atoms with Crippen LogP contribution in [0.1, 0.15) is 45.1 Å². The van der Waals surface area contributed by atoms with Crippen LogP contribution in [0.25, 0.3) is 0 Å². The topological polar surface area (TPSA) is 52.6 Å². The van der Waals surface area contributed by atoms with Gasteiger partial charge in [-0.25, -0.2) is 4.98 Å². The molecule has 0 aliphatic carbocycles. The van der Waals surface area contributed by atoms with E-state index in [9.17, 15) is 0 Å². The molecule has 0 atom stereocenters. The van der Waals surface area contributed by atoms with Crippen molar-refractivity contribution < 1.29 is 0 Å². The van der Waals surface area contributed by atoms with Gasteiger partial charge in [0.1, 0.15) is 5.82 Å². The van der Waals surface area contributed by atoms with Crippen LogP contribution >= 0.6 is 24.0 Å². The predicted molar refractivity (Wildman–Crippen MR) is 118 cm³/mol. The third-order valence-corrected chi connectivity index (χ3v) is 4.99. The Hall–Kier alpha value is -1.05. The van der Waals surface area contributed by atoms with E-state index in [1.54, 1.807) is 0 Å². The van der Waals surface area contributed by atoms with Crippen molar-refractivity contribution >= 4 is 35.8 Å². The normalized spacial score (nSPS) is 15.9. The van der Waals surface area contributed by atoms with Gasteiger partial charge < -0.3 is 15.5 Å². The lowest BCUT2D eigenvalue weighted by atomic mass is 10.0. The Morgan fingerprint density at radius 1 is 1.28 bits per heavy atom. The quantitative estimate of drug-likeness (QED) is 0.388. The van der Waals surface area contributed by atoms with Crippen molar-refractivity contribution in [1.29, 1.82) is 0 Å². The number of hydrogen-bond acceptors (Lipinski definition) is 3. The molecule has 0 amide bonds. The van der Waals surface area contributed by atoms with E-state index in [2.05, 4.69) is 58.4 Å². The number of aliphatic imine (C=N–C) groups is 1. The molecule has 0 spiro atoms. The van der Waals surface area contributed by atoms with Crippen molar-refractivity contribution in [2.45, 2.75) is 52.5 Å². The maximum Gasteiger partial charge on any atom is 0.191 e. The highest BCUT2D eigenvalue weighted by Crippen LogP contribution is 2.18. The molecule has 142 valence electrons. The highest BCUT2D eigenvalue weighted by molar-refractivity contribution is 14.0.